The maximum absolute atomic E-state index is 12.0. The van der Waals surface area contributed by atoms with Crippen molar-refractivity contribution in [2.24, 2.45) is 12.0 Å². The van der Waals surface area contributed by atoms with E-state index in [1.807, 2.05) is 37.4 Å². The molecule has 94 valence electrons. The van der Waals surface area contributed by atoms with Gasteiger partial charge in [0.2, 0.25) is 0 Å². The molecule has 1 aromatic heterocycles. The van der Waals surface area contributed by atoms with Crippen LogP contribution in [0.3, 0.4) is 0 Å². The number of carbonyl (C=O) groups excluding carboxylic acids is 1. The molecule has 0 radical (unpaired) electrons. The highest BCUT2D eigenvalue weighted by Crippen LogP contribution is 2.10. The predicted octanol–water partition coefficient (Wildman–Crippen LogP) is 2.51. The fourth-order valence-corrected chi connectivity index (χ4v) is 1.92. The van der Waals surface area contributed by atoms with Crippen LogP contribution in [0.1, 0.15) is 10.4 Å². The lowest BCUT2D eigenvalue weighted by Crippen LogP contribution is -2.14. The summed E-state index contributed by atoms with van der Waals surface area (Å²) in [5.74, 6) is -0.310. The van der Waals surface area contributed by atoms with E-state index in [-0.39, 0.29) is 5.91 Å². The number of amides is 1. The topological polar surface area (TPSA) is 47.5 Å². The molecule has 3 rings (SSSR count). The first-order valence-electron chi connectivity index (χ1n) is 5.94. The minimum Gasteiger partial charge on any atom is -0.423 e. The summed E-state index contributed by atoms with van der Waals surface area (Å²) in [5, 5.41) is 0. The number of fused-ring (bicyclic) bond motifs is 1. The van der Waals surface area contributed by atoms with Crippen molar-refractivity contribution in [1.82, 2.24) is 4.57 Å². The fraction of sp³-hybridized carbons (Fsp3) is 0.0667. The van der Waals surface area contributed by atoms with E-state index in [1.54, 1.807) is 28.8 Å². The Kier molecular flexibility index (Phi) is 2.76. The molecule has 0 bridgehead atoms. The third-order valence-corrected chi connectivity index (χ3v) is 2.93. The zero-order chi connectivity index (χ0) is 13.2. The van der Waals surface area contributed by atoms with Crippen molar-refractivity contribution in [2.45, 2.75) is 0 Å². The maximum atomic E-state index is 12.0. The van der Waals surface area contributed by atoms with Crippen molar-refractivity contribution in [1.29, 1.82) is 0 Å². The van der Waals surface area contributed by atoms with Crippen LogP contribution in [0.4, 0.5) is 0 Å². The Morgan fingerprint density at radius 2 is 1.74 bits per heavy atom. The van der Waals surface area contributed by atoms with Crippen molar-refractivity contribution in [3.63, 3.8) is 0 Å². The number of oxazole rings is 1. The number of hydrogen-bond acceptors (Lipinski definition) is 2. The standard InChI is InChI=1S/C15H12N2O2/c1-17-12-9-5-6-10-13(12)19-15(17)16-14(18)11-7-3-2-4-8-11/h2-10H,1H3. The number of para-hydroxylation sites is 2. The number of aryl methyl sites for hydroxylation is 1. The SMILES string of the molecule is Cn1c(=NC(=O)c2ccccc2)oc2ccccc21. The lowest BCUT2D eigenvalue weighted by Gasteiger charge is -1.93. The molecular formula is C15H12N2O2. The molecule has 0 aliphatic carbocycles. The highest BCUT2D eigenvalue weighted by Gasteiger charge is 2.07. The average Bonchev–Trinajstić information content (AvgIpc) is 2.77. The molecule has 1 amide bonds. The monoisotopic (exact) mass is 252 g/mol. The normalized spacial score (nSPS) is 11.9. The molecule has 4 heteroatoms. The lowest BCUT2D eigenvalue weighted by molar-refractivity contribution is 0.0993. The summed E-state index contributed by atoms with van der Waals surface area (Å²) in [6.07, 6.45) is 0. The van der Waals surface area contributed by atoms with Crippen LogP contribution in [0.5, 0.6) is 0 Å². The van der Waals surface area contributed by atoms with E-state index in [9.17, 15) is 4.79 Å². The van der Waals surface area contributed by atoms with Crippen LogP contribution >= 0.6 is 0 Å². The maximum Gasteiger partial charge on any atom is 0.305 e. The van der Waals surface area contributed by atoms with Crippen LogP contribution in [0.2, 0.25) is 0 Å². The van der Waals surface area contributed by atoms with E-state index in [0.29, 0.717) is 16.8 Å². The molecule has 3 aromatic rings. The van der Waals surface area contributed by atoms with Gasteiger partial charge < -0.3 is 4.42 Å². The van der Waals surface area contributed by atoms with Crippen LogP contribution in [0.15, 0.2) is 64.0 Å². The predicted molar refractivity (Wildman–Crippen MR) is 71.5 cm³/mol. The highest BCUT2D eigenvalue weighted by atomic mass is 16.4. The number of carbonyl (C=O) groups is 1. The van der Waals surface area contributed by atoms with Gasteiger partial charge in [0.15, 0.2) is 5.58 Å². The first-order chi connectivity index (χ1) is 9.25. The largest absolute Gasteiger partial charge is 0.423 e. The molecule has 19 heavy (non-hydrogen) atoms. The summed E-state index contributed by atoms with van der Waals surface area (Å²) < 4.78 is 7.33. The number of benzene rings is 2. The van der Waals surface area contributed by atoms with Gasteiger partial charge in [-0.05, 0) is 24.3 Å². The van der Waals surface area contributed by atoms with Gasteiger partial charge in [-0.3, -0.25) is 9.36 Å². The summed E-state index contributed by atoms with van der Waals surface area (Å²) >= 11 is 0. The van der Waals surface area contributed by atoms with Gasteiger partial charge in [-0.25, -0.2) is 0 Å². The third kappa shape index (κ3) is 2.08. The Labute approximate surface area is 109 Å². The van der Waals surface area contributed by atoms with Crippen LogP contribution in [0.25, 0.3) is 11.1 Å². The van der Waals surface area contributed by atoms with E-state index in [2.05, 4.69) is 4.99 Å². The van der Waals surface area contributed by atoms with Gasteiger partial charge in [0.25, 0.3) is 5.91 Å². The molecule has 0 atom stereocenters. The van der Waals surface area contributed by atoms with E-state index >= 15 is 0 Å². The van der Waals surface area contributed by atoms with Gasteiger partial charge in [-0.1, -0.05) is 30.3 Å². The van der Waals surface area contributed by atoms with Crippen molar-refractivity contribution in [3.05, 3.63) is 65.8 Å². The second-order valence-corrected chi connectivity index (χ2v) is 4.19. The Balaban J connectivity index is 2.12. The fourth-order valence-electron chi connectivity index (χ4n) is 1.92. The van der Waals surface area contributed by atoms with E-state index in [1.165, 1.54) is 0 Å². The van der Waals surface area contributed by atoms with Crippen LogP contribution in [-0.2, 0) is 7.05 Å². The van der Waals surface area contributed by atoms with Crippen molar-refractivity contribution in [3.8, 4) is 0 Å². The minimum atomic E-state index is -0.310. The van der Waals surface area contributed by atoms with Gasteiger partial charge in [-0.15, -0.1) is 0 Å². The molecule has 0 aliphatic heterocycles. The molecule has 0 fully saturated rings. The number of rotatable bonds is 1. The van der Waals surface area contributed by atoms with E-state index in [0.717, 1.165) is 5.52 Å². The number of nitrogens with zero attached hydrogens (tertiary/aromatic N) is 2. The van der Waals surface area contributed by atoms with Crippen LogP contribution in [-0.4, -0.2) is 10.5 Å². The molecule has 0 aliphatic rings. The molecule has 4 nitrogen and oxygen atoms in total. The van der Waals surface area contributed by atoms with Gasteiger partial charge >= 0.3 is 5.68 Å². The molecular weight excluding hydrogens is 240 g/mol. The molecule has 0 saturated carbocycles. The number of aromatic nitrogens is 1. The zero-order valence-corrected chi connectivity index (χ0v) is 10.4. The molecule has 1 heterocycles. The van der Waals surface area contributed by atoms with Crippen molar-refractivity contribution in [2.75, 3.05) is 0 Å². The van der Waals surface area contributed by atoms with Gasteiger partial charge in [0, 0.05) is 12.6 Å². The van der Waals surface area contributed by atoms with E-state index in [4.69, 9.17) is 4.42 Å². The quantitative estimate of drug-likeness (QED) is 0.668. The Bertz CT molecular complexity index is 798. The van der Waals surface area contributed by atoms with Crippen LogP contribution < -0.4 is 5.68 Å². The summed E-state index contributed by atoms with van der Waals surface area (Å²) in [6.45, 7) is 0. The van der Waals surface area contributed by atoms with Crippen molar-refractivity contribution < 1.29 is 9.21 Å². The second-order valence-electron chi connectivity index (χ2n) is 4.19. The summed E-state index contributed by atoms with van der Waals surface area (Å²) in [6, 6.07) is 16.5. The minimum absolute atomic E-state index is 0.301. The van der Waals surface area contributed by atoms with Crippen LogP contribution in [0, 0.1) is 0 Å². The first kappa shape index (κ1) is 11.5. The molecule has 0 spiro atoms. The van der Waals surface area contributed by atoms with E-state index < -0.39 is 0 Å². The Morgan fingerprint density at radius 3 is 2.47 bits per heavy atom. The molecule has 0 unspecified atom stereocenters. The molecule has 0 saturated heterocycles. The Morgan fingerprint density at radius 1 is 1.05 bits per heavy atom. The lowest BCUT2D eigenvalue weighted by atomic mass is 10.2. The third-order valence-electron chi connectivity index (χ3n) is 2.93. The van der Waals surface area contributed by atoms with Gasteiger partial charge in [0.05, 0.1) is 5.52 Å². The average molecular weight is 252 g/mol. The van der Waals surface area contributed by atoms with Crippen molar-refractivity contribution >= 4 is 17.0 Å². The van der Waals surface area contributed by atoms with Gasteiger partial charge in [-0.2, -0.15) is 4.99 Å². The summed E-state index contributed by atoms with van der Waals surface area (Å²) in [7, 11) is 1.82. The number of hydrogen-bond donors (Lipinski definition) is 0. The smallest absolute Gasteiger partial charge is 0.305 e. The first-order valence-corrected chi connectivity index (χ1v) is 5.94. The van der Waals surface area contributed by atoms with Gasteiger partial charge in [0.1, 0.15) is 0 Å². The molecule has 0 N–H and O–H groups in total. The molecule has 2 aromatic carbocycles. The zero-order valence-electron chi connectivity index (χ0n) is 10.4. The Hall–Kier alpha value is -2.62. The summed E-state index contributed by atoms with van der Waals surface area (Å²) in [4.78, 5) is 16.0. The summed E-state index contributed by atoms with van der Waals surface area (Å²) in [5.41, 5.74) is 2.46. The second kappa shape index (κ2) is 4.57. The highest BCUT2D eigenvalue weighted by molar-refractivity contribution is 5.94.